The summed E-state index contributed by atoms with van der Waals surface area (Å²) in [6.07, 6.45) is -0.983. The Morgan fingerprint density at radius 3 is 2.76 bits per heavy atom. The third kappa shape index (κ3) is 4.54. The van der Waals surface area contributed by atoms with Crippen LogP contribution in [0.1, 0.15) is 48.0 Å². The second-order valence-corrected chi connectivity index (χ2v) is 6.05. The van der Waals surface area contributed by atoms with Crippen molar-refractivity contribution in [3.05, 3.63) is 33.8 Å². The predicted molar refractivity (Wildman–Crippen MR) is 76.3 cm³/mol. The molecule has 0 N–H and O–H groups in total. The Balaban J connectivity index is 2.01. The number of halogens is 4. The van der Waals surface area contributed by atoms with Crippen molar-refractivity contribution >= 4 is 21.7 Å². The molecular formula is C15H16BrF3O2. The number of benzene rings is 1. The number of Topliss-reactive ketones (excluding diaryl/α,β-unsaturated/α-hetero) is 1. The molecule has 0 aliphatic carbocycles. The Morgan fingerprint density at radius 2 is 2.14 bits per heavy atom. The first-order valence-corrected chi connectivity index (χ1v) is 7.69. The highest BCUT2D eigenvalue weighted by molar-refractivity contribution is 9.10. The number of hydrogen-bond acceptors (Lipinski definition) is 2. The zero-order chi connectivity index (χ0) is 15.5. The normalized spacial score (nSPS) is 19.0. The van der Waals surface area contributed by atoms with E-state index in [0.29, 0.717) is 10.9 Å². The van der Waals surface area contributed by atoms with Crippen LogP contribution >= 0.6 is 15.9 Å². The van der Waals surface area contributed by atoms with E-state index in [2.05, 4.69) is 15.9 Å². The molecule has 0 radical (unpaired) electrons. The molecule has 6 heteroatoms. The molecule has 1 aromatic carbocycles. The standard InChI is InChI=1S/C15H16BrF3O2/c16-10-6-7-12(13(9-10)15(17,18)19)14(20)5-1-3-11-4-2-8-21-11/h6-7,9,11H,1-5,8H2. The van der Waals surface area contributed by atoms with Crippen LogP contribution in [0.5, 0.6) is 0 Å². The van der Waals surface area contributed by atoms with Crippen molar-refractivity contribution in [3.8, 4) is 0 Å². The Labute approximate surface area is 129 Å². The van der Waals surface area contributed by atoms with Crippen LogP contribution in [0.25, 0.3) is 0 Å². The monoisotopic (exact) mass is 364 g/mol. The smallest absolute Gasteiger partial charge is 0.378 e. The van der Waals surface area contributed by atoms with Crippen molar-refractivity contribution in [1.82, 2.24) is 0 Å². The summed E-state index contributed by atoms with van der Waals surface area (Å²) in [4.78, 5) is 12.0. The Bertz CT molecular complexity index is 508. The quantitative estimate of drug-likeness (QED) is 0.687. The van der Waals surface area contributed by atoms with E-state index < -0.39 is 17.5 Å². The highest BCUT2D eigenvalue weighted by atomic mass is 79.9. The molecule has 1 fully saturated rings. The molecule has 1 heterocycles. The molecule has 2 rings (SSSR count). The number of ether oxygens (including phenoxy) is 1. The van der Waals surface area contributed by atoms with Gasteiger partial charge in [-0.05, 0) is 43.9 Å². The fraction of sp³-hybridized carbons (Fsp3) is 0.533. The molecule has 0 saturated carbocycles. The molecule has 0 bridgehead atoms. The summed E-state index contributed by atoms with van der Waals surface area (Å²) in [5.74, 6) is -0.465. The molecule has 0 amide bonds. The van der Waals surface area contributed by atoms with Gasteiger partial charge in [0, 0.05) is 23.1 Å². The molecule has 1 saturated heterocycles. The minimum atomic E-state index is -4.52. The average molecular weight is 365 g/mol. The van der Waals surface area contributed by atoms with E-state index in [4.69, 9.17) is 4.74 Å². The number of hydrogen-bond donors (Lipinski definition) is 0. The van der Waals surface area contributed by atoms with Gasteiger partial charge in [0.05, 0.1) is 11.7 Å². The van der Waals surface area contributed by atoms with Gasteiger partial charge < -0.3 is 4.74 Å². The second kappa shape index (κ2) is 6.92. The van der Waals surface area contributed by atoms with E-state index in [1.807, 2.05) is 0 Å². The van der Waals surface area contributed by atoms with Gasteiger partial charge in [0.1, 0.15) is 0 Å². The van der Waals surface area contributed by atoms with Crippen LogP contribution in [-0.4, -0.2) is 18.5 Å². The van der Waals surface area contributed by atoms with E-state index in [0.717, 1.165) is 31.9 Å². The van der Waals surface area contributed by atoms with Gasteiger partial charge in [0.15, 0.2) is 5.78 Å². The fourth-order valence-corrected chi connectivity index (χ4v) is 2.85. The van der Waals surface area contributed by atoms with Gasteiger partial charge in [-0.25, -0.2) is 0 Å². The lowest BCUT2D eigenvalue weighted by Gasteiger charge is -2.13. The highest BCUT2D eigenvalue weighted by Crippen LogP contribution is 2.34. The predicted octanol–water partition coefficient (Wildman–Crippen LogP) is 5.00. The Hall–Kier alpha value is -0.880. The first-order valence-electron chi connectivity index (χ1n) is 6.89. The molecule has 21 heavy (non-hydrogen) atoms. The van der Waals surface area contributed by atoms with Gasteiger partial charge in [-0.3, -0.25) is 4.79 Å². The highest BCUT2D eigenvalue weighted by Gasteiger charge is 2.35. The molecule has 0 aromatic heterocycles. The number of rotatable bonds is 5. The van der Waals surface area contributed by atoms with Gasteiger partial charge in [-0.15, -0.1) is 0 Å². The third-order valence-corrected chi connectivity index (χ3v) is 4.03. The zero-order valence-electron chi connectivity index (χ0n) is 11.4. The Morgan fingerprint density at radius 1 is 1.38 bits per heavy atom. The maximum absolute atomic E-state index is 13.0. The van der Waals surface area contributed by atoms with Gasteiger partial charge in [-0.2, -0.15) is 13.2 Å². The lowest BCUT2D eigenvalue weighted by molar-refractivity contribution is -0.138. The summed E-state index contributed by atoms with van der Waals surface area (Å²) in [6.45, 7) is 0.740. The molecule has 2 nitrogen and oxygen atoms in total. The zero-order valence-corrected chi connectivity index (χ0v) is 13.0. The van der Waals surface area contributed by atoms with Crippen LogP contribution in [-0.2, 0) is 10.9 Å². The minimum absolute atomic E-state index is 0.116. The first kappa shape index (κ1) is 16.5. The van der Waals surface area contributed by atoms with E-state index >= 15 is 0 Å². The van der Waals surface area contributed by atoms with Crippen LogP contribution in [0.15, 0.2) is 22.7 Å². The maximum atomic E-state index is 13.0. The second-order valence-electron chi connectivity index (χ2n) is 5.14. The van der Waals surface area contributed by atoms with Crippen molar-refractivity contribution in [2.45, 2.75) is 44.4 Å². The molecule has 1 aliphatic heterocycles. The van der Waals surface area contributed by atoms with E-state index in [-0.39, 0.29) is 18.1 Å². The summed E-state index contributed by atoms with van der Waals surface area (Å²) in [6, 6.07) is 3.65. The SMILES string of the molecule is O=C(CCCC1CCCO1)c1ccc(Br)cc1C(F)(F)F. The van der Waals surface area contributed by atoms with Crippen molar-refractivity contribution in [2.24, 2.45) is 0 Å². The number of carbonyl (C=O) groups excluding carboxylic acids is 1. The average Bonchev–Trinajstić information content (AvgIpc) is 2.90. The minimum Gasteiger partial charge on any atom is -0.378 e. The topological polar surface area (TPSA) is 26.3 Å². The van der Waals surface area contributed by atoms with Crippen molar-refractivity contribution in [1.29, 1.82) is 0 Å². The molecule has 1 aliphatic rings. The Kier molecular flexibility index (Phi) is 5.43. The summed E-state index contributed by atoms with van der Waals surface area (Å²) in [7, 11) is 0. The van der Waals surface area contributed by atoms with Crippen LogP contribution < -0.4 is 0 Å². The number of carbonyl (C=O) groups is 1. The van der Waals surface area contributed by atoms with Gasteiger partial charge in [0.2, 0.25) is 0 Å². The number of alkyl halides is 3. The van der Waals surface area contributed by atoms with Crippen molar-refractivity contribution < 1.29 is 22.7 Å². The van der Waals surface area contributed by atoms with E-state index in [1.54, 1.807) is 0 Å². The van der Waals surface area contributed by atoms with Crippen LogP contribution in [0.4, 0.5) is 13.2 Å². The summed E-state index contributed by atoms with van der Waals surface area (Å²) in [5.41, 5.74) is -1.13. The van der Waals surface area contributed by atoms with Crippen molar-refractivity contribution in [3.63, 3.8) is 0 Å². The molecule has 1 atom stereocenters. The van der Waals surface area contributed by atoms with Gasteiger partial charge >= 0.3 is 6.18 Å². The molecule has 1 aromatic rings. The molecule has 116 valence electrons. The lowest BCUT2D eigenvalue weighted by Crippen LogP contribution is -2.14. The van der Waals surface area contributed by atoms with E-state index in [9.17, 15) is 18.0 Å². The lowest BCUT2D eigenvalue weighted by atomic mass is 9.98. The first-order chi connectivity index (χ1) is 9.88. The number of ketones is 1. The summed E-state index contributed by atoms with van der Waals surface area (Å²) < 4.78 is 44.6. The summed E-state index contributed by atoms with van der Waals surface area (Å²) >= 11 is 3.01. The molecular weight excluding hydrogens is 349 g/mol. The fourth-order valence-electron chi connectivity index (χ4n) is 2.49. The molecule has 0 spiro atoms. The maximum Gasteiger partial charge on any atom is 0.417 e. The molecule has 1 unspecified atom stereocenters. The third-order valence-electron chi connectivity index (χ3n) is 3.54. The summed E-state index contributed by atoms with van der Waals surface area (Å²) in [5, 5.41) is 0. The van der Waals surface area contributed by atoms with Crippen LogP contribution in [0.2, 0.25) is 0 Å². The van der Waals surface area contributed by atoms with E-state index in [1.165, 1.54) is 12.1 Å². The largest absolute Gasteiger partial charge is 0.417 e. The van der Waals surface area contributed by atoms with Crippen LogP contribution in [0.3, 0.4) is 0 Å². The van der Waals surface area contributed by atoms with Gasteiger partial charge in [0.25, 0.3) is 0 Å². The van der Waals surface area contributed by atoms with Gasteiger partial charge in [-0.1, -0.05) is 15.9 Å². The van der Waals surface area contributed by atoms with Crippen LogP contribution in [0, 0.1) is 0 Å². The van der Waals surface area contributed by atoms with Crippen molar-refractivity contribution in [2.75, 3.05) is 6.61 Å².